The molecule has 1 aromatic carbocycles. The van der Waals surface area contributed by atoms with Gasteiger partial charge < -0.3 is 14.9 Å². The lowest BCUT2D eigenvalue weighted by Gasteiger charge is -2.20. The molecule has 0 aliphatic carbocycles. The molecule has 5 nitrogen and oxygen atoms in total. The molecule has 0 aliphatic rings. The molecule has 0 saturated heterocycles. The minimum absolute atomic E-state index is 0.316. The van der Waals surface area contributed by atoms with Gasteiger partial charge in [0, 0.05) is 0 Å². The highest BCUT2D eigenvalue weighted by Crippen LogP contribution is 2.16. The summed E-state index contributed by atoms with van der Waals surface area (Å²) in [4.78, 5) is 11.0. The molecular weight excluding hydrogens is 234 g/mol. The van der Waals surface area contributed by atoms with Gasteiger partial charge in [-0.1, -0.05) is 13.3 Å². The fourth-order valence-electron chi connectivity index (χ4n) is 1.50. The number of aliphatic hydroxyl groups is 1. The summed E-state index contributed by atoms with van der Waals surface area (Å²) in [5.41, 5.74) is 0.461. The van der Waals surface area contributed by atoms with Gasteiger partial charge in [-0.3, -0.25) is 0 Å². The molecule has 0 heterocycles. The molecule has 0 amide bonds. The Kier molecular flexibility index (Phi) is 5.15. The minimum atomic E-state index is -1.29. The van der Waals surface area contributed by atoms with Crippen LogP contribution in [0.25, 0.3) is 0 Å². The Balaban J connectivity index is 2.77. The molecule has 2 atom stereocenters. The predicted octanol–water partition coefficient (Wildman–Crippen LogP) is 1.55. The third-order valence-electron chi connectivity index (χ3n) is 2.42. The van der Waals surface area contributed by atoms with Crippen LogP contribution in [-0.2, 0) is 4.79 Å². The number of aliphatic carboxylic acids is 1. The van der Waals surface area contributed by atoms with Crippen molar-refractivity contribution in [3.8, 4) is 11.8 Å². The van der Waals surface area contributed by atoms with Crippen molar-refractivity contribution < 1.29 is 19.7 Å². The summed E-state index contributed by atoms with van der Waals surface area (Å²) < 4.78 is 5.23. The fourth-order valence-corrected chi connectivity index (χ4v) is 1.50. The van der Waals surface area contributed by atoms with Crippen molar-refractivity contribution >= 4 is 5.97 Å². The number of rotatable bonds is 6. The van der Waals surface area contributed by atoms with Crippen LogP contribution < -0.4 is 4.74 Å². The van der Waals surface area contributed by atoms with Crippen LogP contribution in [0.15, 0.2) is 24.3 Å². The van der Waals surface area contributed by atoms with Crippen LogP contribution in [0.5, 0.6) is 5.75 Å². The summed E-state index contributed by atoms with van der Waals surface area (Å²) in [7, 11) is 0. The van der Waals surface area contributed by atoms with Crippen molar-refractivity contribution in [1.82, 2.24) is 0 Å². The van der Waals surface area contributed by atoms with Crippen LogP contribution in [0.4, 0.5) is 0 Å². The standard InChI is InChI=1S/C13H15NO4/c1-2-3-11(15)12(13(16)17)18-10-6-4-9(8-14)5-7-10/h4-7,11-12,15H,2-3H2,1H3,(H,16,17)/t11?,12-/m1/s1. The molecule has 18 heavy (non-hydrogen) atoms. The van der Waals surface area contributed by atoms with E-state index in [0.717, 1.165) is 0 Å². The van der Waals surface area contributed by atoms with Crippen molar-refractivity contribution in [2.75, 3.05) is 0 Å². The van der Waals surface area contributed by atoms with Crippen molar-refractivity contribution in [3.05, 3.63) is 29.8 Å². The van der Waals surface area contributed by atoms with Gasteiger partial charge >= 0.3 is 5.97 Å². The van der Waals surface area contributed by atoms with Crippen LogP contribution >= 0.6 is 0 Å². The highest BCUT2D eigenvalue weighted by molar-refractivity contribution is 5.73. The van der Waals surface area contributed by atoms with Crippen molar-refractivity contribution in [1.29, 1.82) is 5.26 Å². The second kappa shape index (κ2) is 6.62. The third kappa shape index (κ3) is 3.75. The van der Waals surface area contributed by atoms with Crippen LogP contribution in [-0.4, -0.2) is 28.4 Å². The number of aliphatic hydroxyl groups excluding tert-OH is 1. The van der Waals surface area contributed by atoms with E-state index in [-0.39, 0.29) is 0 Å². The molecule has 1 unspecified atom stereocenters. The molecule has 96 valence electrons. The topological polar surface area (TPSA) is 90.5 Å². The molecule has 0 aliphatic heterocycles. The van der Waals surface area contributed by atoms with Gasteiger partial charge in [-0.15, -0.1) is 0 Å². The van der Waals surface area contributed by atoms with Gasteiger partial charge in [0.05, 0.1) is 11.6 Å². The van der Waals surface area contributed by atoms with E-state index in [1.54, 1.807) is 0 Å². The molecule has 0 radical (unpaired) electrons. The SMILES string of the molecule is CCCC(O)[C@@H](Oc1ccc(C#N)cc1)C(=O)O. The number of ether oxygens (including phenoxy) is 1. The van der Waals surface area contributed by atoms with Gasteiger partial charge in [-0.25, -0.2) is 4.79 Å². The van der Waals surface area contributed by atoms with E-state index in [1.807, 2.05) is 13.0 Å². The Hall–Kier alpha value is -2.06. The first-order valence-corrected chi connectivity index (χ1v) is 5.66. The molecule has 0 saturated carbocycles. The zero-order valence-corrected chi connectivity index (χ0v) is 10.0. The van der Waals surface area contributed by atoms with Gasteiger partial charge in [0.15, 0.2) is 0 Å². The first-order chi connectivity index (χ1) is 8.58. The lowest BCUT2D eigenvalue weighted by molar-refractivity contribution is -0.150. The maximum absolute atomic E-state index is 11.0. The first kappa shape index (κ1) is 14.0. The van der Waals surface area contributed by atoms with Crippen LogP contribution in [0.1, 0.15) is 25.3 Å². The quantitative estimate of drug-likeness (QED) is 0.798. The Morgan fingerprint density at radius 1 is 1.44 bits per heavy atom. The molecule has 0 spiro atoms. The number of carbonyl (C=O) groups is 1. The zero-order chi connectivity index (χ0) is 13.5. The van der Waals surface area contributed by atoms with Gasteiger partial charge in [0.25, 0.3) is 0 Å². The monoisotopic (exact) mass is 249 g/mol. The maximum Gasteiger partial charge on any atom is 0.347 e. The fraction of sp³-hybridized carbons (Fsp3) is 0.385. The lowest BCUT2D eigenvalue weighted by atomic mass is 10.1. The first-order valence-electron chi connectivity index (χ1n) is 5.66. The number of hydrogen-bond acceptors (Lipinski definition) is 4. The zero-order valence-electron chi connectivity index (χ0n) is 10.0. The van der Waals surface area contributed by atoms with E-state index < -0.39 is 18.2 Å². The van der Waals surface area contributed by atoms with Crippen LogP contribution in [0, 0.1) is 11.3 Å². The van der Waals surface area contributed by atoms with Gasteiger partial charge in [0.1, 0.15) is 11.9 Å². The van der Waals surface area contributed by atoms with E-state index in [0.29, 0.717) is 24.2 Å². The van der Waals surface area contributed by atoms with E-state index in [4.69, 9.17) is 15.1 Å². The van der Waals surface area contributed by atoms with Gasteiger partial charge in [-0.05, 0) is 30.7 Å². The molecule has 0 bridgehead atoms. The van der Waals surface area contributed by atoms with Crippen molar-refractivity contribution in [3.63, 3.8) is 0 Å². The summed E-state index contributed by atoms with van der Waals surface area (Å²) >= 11 is 0. The smallest absolute Gasteiger partial charge is 0.347 e. The molecule has 5 heteroatoms. The van der Waals surface area contributed by atoms with E-state index in [1.165, 1.54) is 24.3 Å². The molecule has 1 aromatic rings. The van der Waals surface area contributed by atoms with Crippen LogP contribution in [0.2, 0.25) is 0 Å². The highest BCUT2D eigenvalue weighted by atomic mass is 16.5. The summed E-state index contributed by atoms with van der Waals surface area (Å²) in [5.74, 6) is -0.892. The van der Waals surface area contributed by atoms with Crippen molar-refractivity contribution in [2.24, 2.45) is 0 Å². The van der Waals surface area contributed by atoms with E-state index in [9.17, 15) is 9.90 Å². The number of nitriles is 1. The van der Waals surface area contributed by atoms with Crippen LogP contribution in [0.3, 0.4) is 0 Å². The summed E-state index contributed by atoms with van der Waals surface area (Å²) in [6.07, 6.45) is -1.32. The minimum Gasteiger partial charge on any atom is -0.478 e. The van der Waals surface area contributed by atoms with Crippen molar-refractivity contribution in [2.45, 2.75) is 32.0 Å². The van der Waals surface area contributed by atoms with E-state index in [2.05, 4.69) is 0 Å². The average molecular weight is 249 g/mol. The number of benzene rings is 1. The second-order valence-electron chi connectivity index (χ2n) is 3.87. The average Bonchev–Trinajstić information content (AvgIpc) is 2.36. The maximum atomic E-state index is 11.0. The molecular formula is C13H15NO4. The predicted molar refractivity (Wildman–Crippen MR) is 64.1 cm³/mol. The van der Waals surface area contributed by atoms with Gasteiger partial charge in [0.2, 0.25) is 6.10 Å². The Labute approximate surface area is 105 Å². The summed E-state index contributed by atoms with van der Waals surface area (Å²) in [6.45, 7) is 1.85. The van der Waals surface area contributed by atoms with Gasteiger partial charge in [-0.2, -0.15) is 5.26 Å². The summed E-state index contributed by atoms with van der Waals surface area (Å²) in [5, 5.41) is 27.3. The lowest BCUT2D eigenvalue weighted by Crippen LogP contribution is -2.39. The largest absolute Gasteiger partial charge is 0.478 e. The Bertz CT molecular complexity index is 435. The molecule has 1 rings (SSSR count). The summed E-state index contributed by atoms with van der Waals surface area (Å²) in [6, 6.07) is 8.02. The van der Waals surface area contributed by atoms with E-state index >= 15 is 0 Å². The Morgan fingerprint density at radius 3 is 2.50 bits per heavy atom. The number of hydrogen-bond donors (Lipinski definition) is 2. The molecule has 2 N–H and O–H groups in total. The molecule has 0 aromatic heterocycles. The highest BCUT2D eigenvalue weighted by Gasteiger charge is 2.27. The molecule has 0 fully saturated rings. The third-order valence-corrected chi connectivity index (χ3v) is 2.42. The number of carboxylic acid groups (broad SMARTS) is 1. The second-order valence-corrected chi connectivity index (χ2v) is 3.87. The Morgan fingerprint density at radius 2 is 2.06 bits per heavy atom. The number of nitrogens with zero attached hydrogens (tertiary/aromatic N) is 1. The normalized spacial score (nSPS) is 13.4. The number of carboxylic acids is 1.